The Kier molecular flexibility index (Phi) is 5.27. The SMILES string of the molecule is CN(C)CCOc1ccc(Nc2[c]cnc3ccc(Br)cc23)cn1. The third-order valence-electron chi connectivity index (χ3n) is 3.43. The number of rotatable bonds is 6. The molecule has 0 aliphatic heterocycles. The van der Waals surface area contributed by atoms with Crippen molar-refractivity contribution in [2.45, 2.75) is 0 Å². The van der Waals surface area contributed by atoms with Crippen molar-refractivity contribution in [3.05, 3.63) is 53.3 Å². The van der Waals surface area contributed by atoms with Gasteiger partial charge in [0.1, 0.15) is 6.61 Å². The smallest absolute Gasteiger partial charge is 0.213 e. The lowest BCUT2D eigenvalue weighted by Gasteiger charge is -2.11. The summed E-state index contributed by atoms with van der Waals surface area (Å²) in [6.07, 6.45) is 3.42. The molecule has 0 aliphatic rings. The van der Waals surface area contributed by atoms with Crippen LogP contribution in [0.4, 0.5) is 11.4 Å². The molecule has 1 N–H and O–H groups in total. The average molecular weight is 386 g/mol. The van der Waals surface area contributed by atoms with Gasteiger partial charge in [-0.2, -0.15) is 0 Å². The standard InChI is InChI=1S/C18H18BrN4O/c1-23(2)9-10-24-18-6-4-14(12-21-18)22-17-7-8-20-16-5-3-13(19)11-15(16)17/h3-6,8,11-12H,9-10H2,1-2H3,(H,20,22). The molecule has 3 rings (SSSR count). The van der Waals surface area contributed by atoms with Crippen LogP contribution in [-0.2, 0) is 0 Å². The molecule has 0 aliphatic carbocycles. The van der Waals surface area contributed by atoms with E-state index in [0.717, 1.165) is 33.3 Å². The molecule has 1 aromatic carbocycles. The van der Waals surface area contributed by atoms with E-state index >= 15 is 0 Å². The van der Waals surface area contributed by atoms with E-state index < -0.39 is 0 Å². The number of hydrogen-bond donors (Lipinski definition) is 1. The third kappa shape index (κ3) is 4.21. The maximum absolute atomic E-state index is 5.60. The predicted molar refractivity (Wildman–Crippen MR) is 99.8 cm³/mol. The minimum Gasteiger partial charge on any atom is -0.476 e. The zero-order chi connectivity index (χ0) is 16.9. The molecular formula is C18H18BrN4O. The highest BCUT2D eigenvalue weighted by atomic mass is 79.9. The zero-order valence-corrected chi connectivity index (χ0v) is 15.2. The van der Waals surface area contributed by atoms with Gasteiger partial charge in [-0.05, 0) is 38.4 Å². The van der Waals surface area contributed by atoms with Crippen LogP contribution in [0.1, 0.15) is 0 Å². The molecule has 0 saturated heterocycles. The van der Waals surface area contributed by atoms with E-state index in [0.29, 0.717) is 12.5 Å². The Morgan fingerprint density at radius 1 is 1.21 bits per heavy atom. The van der Waals surface area contributed by atoms with Gasteiger partial charge >= 0.3 is 0 Å². The van der Waals surface area contributed by atoms with Crippen molar-refractivity contribution in [3.63, 3.8) is 0 Å². The Hall–Kier alpha value is -2.18. The number of fused-ring (bicyclic) bond motifs is 1. The van der Waals surface area contributed by atoms with Crippen LogP contribution >= 0.6 is 15.9 Å². The van der Waals surface area contributed by atoms with E-state index in [2.05, 4.69) is 42.2 Å². The molecule has 0 spiro atoms. The summed E-state index contributed by atoms with van der Waals surface area (Å²) in [4.78, 5) is 10.7. The molecule has 123 valence electrons. The summed E-state index contributed by atoms with van der Waals surface area (Å²) in [7, 11) is 4.02. The molecule has 2 aromatic heterocycles. The predicted octanol–water partition coefficient (Wildman–Crippen LogP) is 3.88. The Bertz CT molecular complexity index is 821. The fraction of sp³-hybridized carbons (Fsp3) is 0.222. The van der Waals surface area contributed by atoms with Gasteiger partial charge in [0.2, 0.25) is 5.88 Å². The summed E-state index contributed by atoms with van der Waals surface area (Å²) in [5.74, 6) is 0.619. The van der Waals surface area contributed by atoms with Gasteiger partial charge < -0.3 is 15.0 Å². The first-order chi connectivity index (χ1) is 11.6. The number of hydrogen-bond acceptors (Lipinski definition) is 5. The van der Waals surface area contributed by atoms with Crippen molar-refractivity contribution in [2.24, 2.45) is 0 Å². The van der Waals surface area contributed by atoms with Crippen molar-refractivity contribution in [3.8, 4) is 5.88 Å². The van der Waals surface area contributed by atoms with Crippen LogP contribution < -0.4 is 10.1 Å². The minimum atomic E-state index is 0.615. The third-order valence-corrected chi connectivity index (χ3v) is 3.93. The van der Waals surface area contributed by atoms with Crippen molar-refractivity contribution < 1.29 is 4.74 Å². The van der Waals surface area contributed by atoms with Gasteiger partial charge in [0, 0.05) is 34.7 Å². The first kappa shape index (κ1) is 16.7. The summed E-state index contributed by atoms with van der Waals surface area (Å²) >= 11 is 3.49. The van der Waals surface area contributed by atoms with Crippen LogP contribution in [-0.4, -0.2) is 42.1 Å². The number of anilines is 2. The van der Waals surface area contributed by atoms with E-state index in [1.165, 1.54) is 0 Å². The first-order valence-corrected chi connectivity index (χ1v) is 8.38. The van der Waals surface area contributed by atoms with Gasteiger partial charge in [-0.3, -0.25) is 4.98 Å². The molecule has 0 saturated carbocycles. The summed E-state index contributed by atoms with van der Waals surface area (Å²) in [6, 6.07) is 12.9. The molecule has 0 fully saturated rings. The maximum atomic E-state index is 5.60. The minimum absolute atomic E-state index is 0.615. The number of benzene rings is 1. The Labute approximate surface area is 149 Å². The van der Waals surface area contributed by atoms with E-state index in [9.17, 15) is 0 Å². The monoisotopic (exact) mass is 385 g/mol. The number of ether oxygens (including phenoxy) is 1. The quantitative estimate of drug-likeness (QED) is 0.697. The van der Waals surface area contributed by atoms with Gasteiger partial charge in [-0.25, -0.2) is 4.98 Å². The second-order valence-electron chi connectivity index (χ2n) is 5.60. The number of pyridine rings is 2. The summed E-state index contributed by atoms with van der Waals surface area (Å²) in [5.41, 5.74) is 2.65. The van der Waals surface area contributed by atoms with Crippen LogP contribution in [0.25, 0.3) is 10.9 Å². The molecule has 0 amide bonds. The largest absolute Gasteiger partial charge is 0.476 e. The molecule has 5 nitrogen and oxygen atoms in total. The van der Waals surface area contributed by atoms with Gasteiger partial charge in [0.15, 0.2) is 0 Å². The Balaban J connectivity index is 1.73. The summed E-state index contributed by atoms with van der Waals surface area (Å²) in [5, 5.41) is 4.33. The van der Waals surface area contributed by atoms with Crippen LogP contribution in [0, 0.1) is 6.07 Å². The Morgan fingerprint density at radius 2 is 2.08 bits per heavy atom. The second-order valence-corrected chi connectivity index (χ2v) is 6.52. The van der Waals surface area contributed by atoms with Gasteiger partial charge in [0.05, 0.1) is 23.1 Å². The number of likely N-dealkylation sites (N-methyl/N-ethyl adjacent to an activating group) is 1. The molecular weight excluding hydrogens is 368 g/mol. The summed E-state index contributed by atoms with van der Waals surface area (Å²) < 4.78 is 6.61. The lowest BCUT2D eigenvalue weighted by atomic mass is 10.2. The molecule has 0 atom stereocenters. The van der Waals surface area contributed by atoms with Crippen molar-refractivity contribution in [2.75, 3.05) is 32.6 Å². The molecule has 0 bridgehead atoms. The summed E-state index contributed by atoms with van der Waals surface area (Å²) in [6.45, 7) is 1.47. The molecule has 6 heteroatoms. The molecule has 24 heavy (non-hydrogen) atoms. The van der Waals surface area contributed by atoms with E-state index in [1.807, 2.05) is 44.4 Å². The number of nitrogens with one attached hydrogen (secondary N) is 1. The second kappa shape index (κ2) is 7.59. The van der Waals surface area contributed by atoms with E-state index in [1.54, 1.807) is 12.4 Å². The average Bonchev–Trinajstić information content (AvgIpc) is 2.57. The molecule has 1 radical (unpaired) electrons. The molecule has 3 aromatic rings. The first-order valence-electron chi connectivity index (χ1n) is 7.58. The van der Waals surface area contributed by atoms with Crippen LogP contribution in [0.5, 0.6) is 5.88 Å². The van der Waals surface area contributed by atoms with Gasteiger partial charge in [-0.1, -0.05) is 15.9 Å². The maximum Gasteiger partial charge on any atom is 0.213 e. The zero-order valence-electron chi connectivity index (χ0n) is 13.6. The fourth-order valence-electron chi connectivity index (χ4n) is 2.19. The number of nitrogens with zero attached hydrogens (tertiary/aromatic N) is 3. The van der Waals surface area contributed by atoms with Crippen molar-refractivity contribution in [1.29, 1.82) is 0 Å². The van der Waals surface area contributed by atoms with Crippen LogP contribution in [0.3, 0.4) is 0 Å². The van der Waals surface area contributed by atoms with E-state index in [-0.39, 0.29) is 0 Å². The van der Waals surface area contributed by atoms with Crippen LogP contribution in [0.2, 0.25) is 0 Å². The normalized spacial score (nSPS) is 11.0. The topological polar surface area (TPSA) is 50.3 Å². The lowest BCUT2D eigenvalue weighted by Crippen LogP contribution is -2.19. The van der Waals surface area contributed by atoms with Gasteiger partial charge in [0.25, 0.3) is 0 Å². The van der Waals surface area contributed by atoms with E-state index in [4.69, 9.17) is 4.74 Å². The number of halogens is 1. The highest BCUT2D eigenvalue weighted by Crippen LogP contribution is 2.27. The fourth-order valence-corrected chi connectivity index (χ4v) is 2.55. The highest BCUT2D eigenvalue weighted by molar-refractivity contribution is 9.10. The lowest BCUT2D eigenvalue weighted by molar-refractivity contribution is 0.254. The van der Waals surface area contributed by atoms with Crippen molar-refractivity contribution >= 4 is 38.2 Å². The van der Waals surface area contributed by atoms with Crippen LogP contribution in [0.15, 0.2) is 47.2 Å². The number of aromatic nitrogens is 2. The van der Waals surface area contributed by atoms with Gasteiger partial charge in [-0.15, -0.1) is 0 Å². The Morgan fingerprint density at radius 3 is 2.83 bits per heavy atom. The molecule has 2 heterocycles. The molecule has 0 unspecified atom stereocenters. The highest BCUT2D eigenvalue weighted by Gasteiger charge is 2.04. The van der Waals surface area contributed by atoms with Crippen molar-refractivity contribution in [1.82, 2.24) is 14.9 Å².